The highest BCUT2D eigenvalue weighted by Crippen LogP contribution is 2.30. The van der Waals surface area contributed by atoms with Crippen LogP contribution in [0.2, 0.25) is 5.02 Å². The predicted molar refractivity (Wildman–Crippen MR) is 76.9 cm³/mol. The lowest BCUT2D eigenvalue weighted by Gasteiger charge is -2.23. The molecule has 0 bridgehead atoms. The van der Waals surface area contributed by atoms with Crippen LogP contribution in [-0.4, -0.2) is 24.6 Å². The maximum Gasteiger partial charge on any atom is 0.288 e. The van der Waals surface area contributed by atoms with Gasteiger partial charge in [0.1, 0.15) is 5.02 Å². The Morgan fingerprint density at radius 3 is 2.79 bits per heavy atom. The van der Waals surface area contributed by atoms with Gasteiger partial charge in [0.25, 0.3) is 5.69 Å². The summed E-state index contributed by atoms with van der Waals surface area (Å²) in [7, 11) is 0. The molecule has 5 nitrogen and oxygen atoms in total. The van der Waals surface area contributed by atoms with Gasteiger partial charge in [-0.1, -0.05) is 11.6 Å². The number of nitrogens with one attached hydrogen (secondary N) is 2. The number of nitro benzene ring substituents is 1. The first-order chi connectivity index (χ1) is 9.08. The molecule has 2 rings (SSSR count). The van der Waals surface area contributed by atoms with Crippen molar-refractivity contribution in [3.05, 3.63) is 32.8 Å². The van der Waals surface area contributed by atoms with Gasteiger partial charge in [-0.25, -0.2) is 0 Å². The topological polar surface area (TPSA) is 67.2 Å². The monoisotopic (exact) mass is 283 g/mol. The zero-order chi connectivity index (χ0) is 13.8. The summed E-state index contributed by atoms with van der Waals surface area (Å²) in [5, 5.41) is 17.7. The van der Waals surface area contributed by atoms with E-state index >= 15 is 0 Å². The molecule has 0 aliphatic carbocycles. The third-order valence-corrected chi connectivity index (χ3v) is 3.83. The molecule has 1 aliphatic rings. The van der Waals surface area contributed by atoms with Gasteiger partial charge in [-0.05, 0) is 50.4 Å². The Hall–Kier alpha value is -1.33. The van der Waals surface area contributed by atoms with Crippen LogP contribution in [0.4, 0.5) is 11.4 Å². The van der Waals surface area contributed by atoms with Gasteiger partial charge in [0, 0.05) is 18.3 Å². The number of anilines is 1. The molecule has 0 atom stereocenters. The van der Waals surface area contributed by atoms with Crippen molar-refractivity contribution < 1.29 is 4.92 Å². The van der Waals surface area contributed by atoms with Crippen LogP contribution in [0.15, 0.2) is 12.1 Å². The molecule has 1 fully saturated rings. The Balaban J connectivity index is 2.04. The lowest BCUT2D eigenvalue weighted by molar-refractivity contribution is -0.384. The van der Waals surface area contributed by atoms with E-state index in [0.717, 1.165) is 43.7 Å². The molecule has 104 valence electrons. The van der Waals surface area contributed by atoms with E-state index in [9.17, 15) is 10.1 Å². The molecular formula is C13H18ClN3O2. The second-order valence-corrected chi connectivity index (χ2v) is 5.36. The van der Waals surface area contributed by atoms with E-state index < -0.39 is 4.92 Å². The van der Waals surface area contributed by atoms with E-state index in [2.05, 4.69) is 10.6 Å². The van der Waals surface area contributed by atoms with E-state index in [4.69, 9.17) is 11.6 Å². The number of hydrogen-bond donors (Lipinski definition) is 2. The Kier molecular flexibility index (Phi) is 4.61. The number of nitro groups is 1. The normalized spacial score (nSPS) is 16.3. The minimum absolute atomic E-state index is 0.0356. The fourth-order valence-electron chi connectivity index (χ4n) is 2.34. The van der Waals surface area contributed by atoms with Gasteiger partial charge in [-0.3, -0.25) is 10.1 Å². The molecule has 0 amide bonds. The number of rotatable bonds is 4. The van der Waals surface area contributed by atoms with Crippen LogP contribution >= 0.6 is 11.6 Å². The van der Waals surface area contributed by atoms with Crippen LogP contribution in [-0.2, 0) is 0 Å². The summed E-state index contributed by atoms with van der Waals surface area (Å²) < 4.78 is 0. The average molecular weight is 284 g/mol. The third kappa shape index (κ3) is 3.58. The molecule has 0 aromatic heterocycles. The lowest BCUT2D eigenvalue weighted by Crippen LogP contribution is -2.31. The summed E-state index contributed by atoms with van der Waals surface area (Å²) in [6, 6.07) is 3.17. The Morgan fingerprint density at radius 1 is 1.47 bits per heavy atom. The van der Waals surface area contributed by atoms with Crippen molar-refractivity contribution in [2.45, 2.75) is 19.8 Å². The van der Waals surface area contributed by atoms with E-state index in [1.165, 1.54) is 6.07 Å². The van der Waals surface area contributed by atoms with Crippen LogP contribution in [0.1, 0.15) is 18.4 Å². The number of benzene rings is 1. The predicted octanol–water partition coefficient (Wildman–Crippen LogP) is 2.97. The number of aryl methyl sites for hydroxylation is 1. The highest BCUT2D eigenvalue weighted by molar-refractivity contribution is 6.33. The maximum absolute atomic E-state index is 10.8. The smallest absolute Gasteiger partial charge is 0.288 e. The Morgan fingerprint density at radius 2 is 2.16 bits per heavy atom. The zero-order valence-corrected chi connectivity index (χ0v) is 11.7. The SMILES string of the molecule is Cc1cc([N+](=O)[O-])c(Cl)cc1NCC1CCNCC1. The molecule has 2 N–H and O–H groups in total. The molecule has 19 heavy (non-hydrogen) atoms. The second kappa shape index (κ2) is 6.21. The van der Waals surface area contributed by atoms with Crippen LogP contribution in [0.5, 0.6) is 0 Å². The van der Waals surface area contributed by atoms with E-state index in [1.54, 1.807) is 6.07 Å². The molecule has 0 spiro atoms. The van der Waals surface area contributed by atoms with Gasteiger partial charge in [0.2, 0.25) is 0 Å². The molecule has 0 radical (unpaired) electrons. The zero-order valence-electron chi connectivity index (χ0n) is 10.9. The summed E-state index contributed by atoms with van der Waals surface area (Å²) in [4.78, 5) is 10.3. The molecule has 6 heteroatoms. The lowest BCUT2D eigenvalue weighted by atomic mass is 9.98. The van der Waals surface area contributed by atoms with Crippen LogP contribution in [0.25, 0.3) is 0 Å². The number of hydrogen-bond acceptors (Lipinski definition) is 4. The third-order valence-electron chi connectivity index (χ3n) is 3.53. The van der Waals surface area contributed by atoms with E-state index in [1.807, 2.05) is 6.92 Å². The van der Waals surface area contributed by atoms with Crippen molar-refractivity contribution in [3.8, 4) is 0 Å². The summed E-state index contributed by atoms with van der Waals surface area (Å²) >= 11 is 5.93. The Bertz CT molecular complexity index is 473. The van der Waals surface area contributed by atoms with Crippen molar-refractivity contribution >= 4 is 23.0 Å². The standard InChI is InChI=1S/C13H18ClN3O2/c1-9-6-13(17(18)19)11(14)7-12(9)16-8-10-2-4-15-5-3-10/h6-7,10,15-16H,2-5,8H2,1H3. The quantitative estimate of drug-likeness (QED) is 0.658. The first-order valence-corrected chi connectivity index (χ1v) is 6.85. The molecule has 1 aromatic rings. The molecule has 0 unspecified atom stereocenters. The highest BCUT2D eigenvalue weighted by atomic mass is 35.5. The van der Waals surface area contributed by atoms with Gasteiger partial charge in [-0.15, -0.1) is 0 Å². The molecular weight excluding hydrogens is 266 g/mol. The van der Waals surface area contributed by atoms with E-state index in [0.29, 0.717) is 5.92 Å². The van der Waals surface area contributed by atoms with E-state index in [-0.39, 0.29) is 10.7 Å². The van der Waals surface area contributed by atoms with Crippen molar-refractivity contribution in [3.63, 3.8) is 0 Å². The molecule has 1 heterocycles. The minimum Gasteiger partial charge on any atom is -0.385 e. The minimum atomic E-state index is -0.452. The summed E-state index contributed by atoms with van der Waals surface area (Å²) in [5.41, 5.74) is 1.70. The van der Waals surface area contributed by atoms with Gasteiger partial charge >= 0.3 is 0 Å². The van der Waals surface area contributed by atoms with Crippen LogP contribution in [0, 0.1) is 23.0 Å². The number of nitrogens with zero attached hydrogens (tertiary/aromatic N) is 1. The second-order valence-electron chi connectivity index (χ2n) is 4.95. The summed E-state index contributed by atoms with van der Waals surface area (Å²) in [6.45, 7) is 4.86. The largest absolute Gasteiger partial charge is 0.385 e. The fraction of sp³-hybridized carbons (Fsp3) is 0.538. The molecule has 1 saturated heterocycles. The van der Waals surface area contributed by atoms with Crippen molar-refractivity contribution in [2.75, 3.05) is 25.0 Å². The van der Waals surface area contributed by atoms with Gasteiger partial charge in [0.15, 0.2) is 0 Å². The number of halogens is 1. The van der Waals surface area contributed by atoms with Gasteiger partial charge < -0.3 is 10.6 Å². The maximum atomic E-state index is 10.8. The Labute approximate surface area is 117 Å². The van der Waals surface area contributed by atoms with Crippen LogP contribution < -0.4 is 10.6 Å². The summed E-state index contributed by atoms with van der Waals surface area (Å²) in [6.07, 6.45) is 2.32. The summed E-state index contributed by atoms with van der Waals surface area (Å²) in [5.74, 6) is 0.648. The molecule has 1 aromatic carbocycles. The molecule has 1 aliphatic heterocycles. The van der Waals surface area contributed by atoms with Gasteiger partial charge in [-0.2, -0.15) is 0 Å². The van der Waals surface area contributed by atoms with Crippen LogP contribution in [0.3, 0.4) is 0 Å². The van der Waals surface area contributed by atoms with Crippen molar-refractivity contribution in [1.29, 1.82) is 0 Å². The van der Waals surface area contributed by atoms with Crippen molar-refractivity contribution in [1.82, 2.24) is 5.32 Å². The first-order valence-electron chi connectivity index (χ1n) is 6.47. The average Bonchev–Trinajstić information content (AvgIpc) is 2.40. The fourth-order valence-corrected chi connectivity index (χ4v) is 2.57. The highest BCUT2D eigenvalue weighted by Gasteiger charge is 2.16. The van der Waals surface area contributed by atoms with Gasteiger partial charge in [0.05, 0.1) is 4.92 Å². The number of piperidine rings is 1. The van der Waals surface area contributed by atoms with Crippen molar-refractivity contribution in [2.24, 2.45) is 5.92 Å². The molecule has 0 saturated carbocycles. The first kappa shape index (κ1) is 14.1.